The Kier molecular flexibility index (Phi) is 45.7. The van der Waals surface area contributed by atoms with Crippen LogP contribution in [0.5, 0.6) is 0 Å². The Morgan fingerprint density at radius 1 is 0.474 bits per heavy atom. The second kappa shape index (κ2) is 47.0. The molecule has 2 unspecified atom stereocenters. The zero-order valence-electron chi connectivity index (χ0n) is 38.1. The largest absolute Gasteiger partial charge is 0.466 e. The molecule has 0 aromatic rings. The summed E-state index contributed by atoms with van der Waals surface area (Å²) in [6, 6.07) is -0.552. The van der Waals surface area contributed by atoms with Crippen LogP contribution in [0.2, 0.25) is 0 Å². The van der Waals surface area contributed by atoms with Crippen LogP contribution < -0.4 is 5.32 Å². The summed E-state index contributed by atoms with van der Waals surface area (Å²) in [5.74, 6) is -0.0665. The summed E-state index contributed by atoms with van der Waals surface area (Å²) in [7, 11) is 0. The SMILES string of the molecule is CCCCCC/C=C\CCCCCCCC(=O)OCCCCCCCCC/C=C\CCCCCCCC(=O)NC(CO)C(O)CCCCCCCCCCCCC. The second-order valence-electron chi connectivity index (χ2n) is 17.1. The topological polar surface area (TPSA) is 95.9 Å². The third-order valence-electron chi connectivity index (χ3n) is 11.5. The van der Waals surface area contributed by atoms with Crippen LogP contribution in [-0.2, 0) is 14.3 Å². The molecule has 0 aliphatic heterocycles. The van der Waals surface area contributed by atoms with Crippen molar-refractivity contribution in [1.82, 2.24) is 5.32 Å². The van der Waals surface area contributed by atoms with E-state index < -0.39 is 12.1 Å². The molecule has 336 valence electrons. The number of aliphatic hydroxyl groups excluding tert-OH is 2. The molecule has 6 heteroatoms. The van der Waals surface area contributed by atoms with E-state index in [1.165, 1.54) is 167 Å². The molecule has 0 radical (unpaired) electrons. The zero-order valence-corrected chi connectivity index (χ0v) is 38.1. The maximum absolute atomic E-state index is 12.4. The lowest BCUT2D eigenvalue weighted by Crippen LogP contribution is -2.45. The average Bonchev–Trinajstić information content (AvgIpc) is 3.21. The molecular weight excluding hydrogens is 707 g/mol. The Bertz CT molecular complexity index is 889. The molecule has 0 rings (SSSR count). The summed E-state index contributed by atoms with van der Waals surface area (Å²) in [4.78, 5) is 24.4. The number of unbranched alkanes of at least 4 members (excludes halogenated alkanes) is 31. The van der Waals surface area contributed by atoms with Crippen molar-refractivity contribution in [2.45, 2.75) is 276 Å². The van der Waals surface area contributed by atoms with E-state index in [0.717, 1.165) is 64.2 Å². The fraction of sp³-hybridized carbons (Fsp3) is 0.882. The van der Waals surface area contributed by atoms with Crippen molar-refractivity contribution >= 4 is 11.9 Å². The molecule has 0 aromatic carbocycles. The van der Waals surface area contributed by atoms with Crippen LogP contribution in [0.3, 0.4) is 0 Å². The number of hydrogen-bond acceptors (Lipinski definition) is 5. The predicted molar refractivity (Wildman–Crippen MR) is 246 cm³/mol. The molecule has 0 heterocycles. The van der Waals surface area contributed by atoms with Gasteiger partial charge in [0.1, 0.15) is 0 Å². The smallest absolute Gasteiger partial charge is 0.305 e. The molecule has 0 bridgehead atoms. The Hall–Kier alpha value is -1.66. The van der Waals surface area contributed by atoms with Crippen LogP contribution in [0.4, 0.5) is 0 Å². The fourth-order valence-electron chi connectivity index (χ4n) is 7.57. The van der Waals surface area contributed by atoms with Crippen molar-refractivity contribution < 1.29 is 24.5 Å². The summed E-state index contributed by atoms with van der Waals surface area (Å²) in [6.45, 7) is 4.89. The first-order chi connectivity index (χ1) is 28.0. The van der Waals surface area contributed by atoms with Gasteiger partial charge in [0.25, 0.3) is 0 Å². The van der Waals surface area contributed by atoms with Gasteiger partial charge in [-0.05, 0) is 77.0 Å². The van der Waals surface area contributed by atoms with E-state index in [1.807, 2.05) is 0 Å². The van der Waals surface area contributed by atoms with Gasteiger partial charge in [-0.3, -0.25) is 9.59 Å². The second-order valence-corrected chi connectivity index (χ2v) is 17.1. The lowest BCUT2D eigenvalue weighted by Gasteiger charge is -2.22. The van der Waals surface area contributed by atoms with E-state index in [-0.39, 0.29) is 18.5 Å². The normalized spacial score (nSPS) is 12.8. The number of nitrogens with one attached hydrogen (secondary N) is 1. The Balaban J connectivity index is 3.47. The quantitative estimate of drug-likeness (QED) is 0.0324. The molecule has 57 heavy (non-hydrogen) atoms. The van der Waals surface area contributed by atoms with Crippen molar-refractivity contribution in [1.29, 1.82) is 0 Å². The number of ether oxygens (including phenoxy) is 1. The molecule has 0 saturated carbocycles. The molecule has 6 nitrogen and oxygen atoms in total. The molecule has 0 aromatic heterocycles. The Morgan fingerprint density at radius 2 is 0.825 bits per heavy atom. The molecular formula is C51H97NO5. The number of esters is 1. The highest BCUT2D eigenvalue weighted by molar-refractivity contribution is 5.76. The van der Waals surface area contributed by atoms with E-state index in [9.17, 15) is 19.8 Å². The molecule has 0 spiro atoms. The number of carbonyl (C=O) groups is 2. The van der Waals surface area contributed by atoms with Gasteiger partial charge >= 0.3 is 5.97 Å². The third kappa shape index (κ3) is 43.7. The number of amides is 1. The van der Waals surface area contributed by atoms with E-state index in [2.05, 4.69) is 43.5 Å². The van der Waals surface area contributed by atoms with Crippen LogP contribution in [0.15, 0.2) is 24.3 Å². The van der Waals surface area contributed by atoms with Gasteiger partial charge in [-0.2, -0.15) is 0 Å². The highest BCUT2D eigenvalue weighted by atomic mass is 16.5. The Morgan fingerprint density at radius 3 is 1.26 bits per heavy atom. The van der Waals surface area contributed by atoms with Gasteiger partial charge in [0.05, 0.1) is 25.4 Å². The minimum Gasteiger partial charge on any atom is -0.466 e. The van der Waals surface area contributed by atoms with Gasteiger partial charge in [-0.25, -0.2) is 0 Å². The van der Waals surface area contributed by atoms with Crippen LogP contribution in [-0.4, -0.2) is 47.4 Å². The highest BCUT2D eigenvalue weighted by Crippen LogP contribution is 2.15. The number of hydrogen-bond donors (Lipinski definition) is 3. The summed E-state index contributed by atoms with van der Waals surface area (Å²) in [5.41, 5.74) is 0. The number of carbonyl (C=O) groups excluding carboxylic acids is 2. The van der Waals surface area contributed by atoms with Crippen LogP contribution in [0.1, 0.15) is 264 Å². The van der Waals surface area contributed by atoms with Gasteiger partial charge in [-0.15, -0.1) is 0 Å². The van der Waals surface area contributed by atoms with Gasteiger partial charge in [0.15, 0.2) is 0 Å². The first kappa shape index (κ1) is 55.3. The maximum atomic E-state index is 12.4. The summed E-state index contributed by atoms with van der Waals surface area (Å²) in [6.07, 6.45) is 54.3. The maximum Gasteiger partial charge on any atom is 0.305 e. The van der Waals surface area contributed by atoms with E-state index in [4.69, 9.17) is 4.74 Å². The summed E-state index contributed by atoms with van der Waals surface area (Å²) in [5, 5.41) is 23.1. The van der Waals surface area contributed by atoms with E-state index >= 15 is 0 Å². The minimum absolute atomic E-state index is 0.0126. The van der Waals surface area contributed by atoms with E-state index in [1.54, 1.807) is 0 Å². The monoisotopic (exact) mass is 804 g/mol. The number of allylic oxidation sites excluding steroid dienone is 4. The number of aliphatic hydroxyl groups is 2. The first-order valence-corrected chi connectivity index (χ1v) is 25.1. The predicted octanol–water partition coefficient (Wildman–Crippen LogP) is 14.7. The third-order valence-corrected chi connectivity index (χ3v) is 11.5. The van der Waals surface area contributed by atoms with Crippen molar-refractivity contribution in [3.8, 4) is 0 Å². The lowest BCUT2D eigenvalue weighted by molar-refractivity contribution is -0.143. The molecule has 0 fully saturated rings. The van der Waals surface area contributed by atoms with Gasteiger partial charge in [0.2, 0.25) is 5.91 Å². The average molecular weight is 804 g/mol. The summed E-state index contributed by atoms with van der Waals surface area (Å²) >= 11 is 0. The summed E-state index contributed by atoms with van der Waals surface area (Å²) < 4.78 is 5.45. The minimum atomic E-state index is -0.673. The van der Waals surface area contributed by atoms with Gasteiger partial charge in [-0.1, -0.05) is 199 Å². The van der Waals surface area contributed by atoms with Crippen LogP contribution >= 0.6 is 0 Å². The molecule has 0 aliphatic carbocycles. The van der Waals surface area contributed by atoms with Crippen molar-refractivity contribution in [2.75, 3.05) is 13.2 Å². The molecule has 1 amide bonds. The Labute approximate surface area is 354 Å². The van der Waals surface area contributed by atoms with Crippen molar-refractivity contribution in [3.63, 3.8) is 0 Å². The van der Waals surface area contributed by atoms with Crippen LogP contribution in [0.25, 0.3) is 0 Å². The first-order valence-electron chi connectivity index (χ1n) is 25.1. The standard InChI is InChI=1S/C51H97NO5/c1-3-5-7-9-11-13-15-20-25-29-33-37-41-45-51(56)57-46-42-38-34-30-26-22-19-17-16-18-21-24-28-32-36-40-44-50(55)52-48(47-53)49(54)43-39-35-31-27-23-14-12-10-8-6-4-2/h13,15-16,18,48-49,53-54H,3-12,14,17,19-47H2,1-2H3,(H,52,55)/b15-13-,18-16-. The van der Waals surface area contributed by atoms with Gasteiger partial charge in [0, 0.05) is 12.8 Å². The molecule has 0 aliphatic rings. The lowest BCUT2D eigenvalue weighted by atomic mass is 10.0. The molecule has 3 N–H and O–H groups in total. The molecule has 0 saturated heterocycles. The number of rotatable bonds is 46. The van der Waals surface area contributed by atoms with E-state index in [0.29, 0.717) is 25.9 Å². The van der Waals surface area contributed by atoms with Gasteiger partial charge < -0.3 is 20.3 Å². The van der Waals surface area contributed by atoms with Crippen LogP contribution in [0, 0.1) is 0 Å². The fourth-order valence-corrected chi connectivity index (χ4v) is 7.57. The van der Waals surface area contributed by atoms with Crippen molar-refractivity contribution in [2.24, 2.45) is 0 Å². The zero-order chi connectivity index (χ0) is 41.5. The molecule has 2 atom stereocenters. The van der Waals surface area contributed by atoms with Crippen molar-refractivity contribution in [3.05, 3.63) is 24.3 Å². The highest BCUT2D eigenvalue weighted by Gasteiger charge is 2.20.